The van der Waals surface area contributed by atoms with Crippen LogP contribution in [0.15, 0.2) is 24.4 Å². The molecule has 0 saturated carbocycles. The van der Waals surface area contributed by atoms with Gasteiger partial charge in [0.05, 0.1) is 12.2 Å². The second-order valence-corrected chi connectivity index (χ2v) is 5.04. The lowest BCUT2D eigenvalue weighted by atomic mass is 10.0. The fraction of sp³-hybridized carbons (Fsp3) is 0.357. The highest BCUT2D eigenvalue weighted by Crippen LogP contribution is 2.16. The van der Waals surface area contributed by atoms with E-state index in [1.54, 1.807) is 10.9 Å². The van der Waals surface area contributed by atoms with Crippen LogP contribution < -0.4 is 5.32 Å². The Labute approximate surface area is 111 Å². The fourth-order valence-electron chi connectivity index (χ4n) is 2.14. The van der Waals surface area contributed by atoms with Crippen molar-refractivity contribution in [3.63, 3.8) is 0 Å². The number of hydrogen-bond acceptors (Lipinski definition) is 4. The highest BCUT2D eigenvalue weighted by atomic mass is 16.1. The predicted molar refractivity (Wildman–Crippen MR) is 71.3 cm³/mol. The molecule has 3 rings (SSSR count). The SMILES string of the molecule is Cc1ccc(C)c(C(=O)c2cn(C3CNC3)nn2)c1. The van der Waals surface area contributed by atoms with Crippen molar-refractivity contribution in [2.24, 2.45) is 0 Å². The number of carbonyl (C=O) groups is 1. The third-order valence-corrected chi connectivity index (χ3v) is 3.51. The quantitative estimate of drug-likeness (QED) is 0.840. The summed E-state index contributed by atoms with van der Waals surface area (Å²) in [5.74, 6) is -0.0558. The van der Waals surface area contributed by atoms with E-state index in [9.17, 15) is 4.79 Å². The number of aryl methyl sites for hydroxylation is 2. The van der Waals surface area contributed by atoms with Crippen LogP contribution in [0.2, 0.25) is 0 Å². The van der Waals surface area contributed by atoms with Crippen LogP contribution in [0.4, 0.5) is 0 Å². The summed E-state index contributed by atoms with van der Waals surface area (Å²) in [7, 11) is 0. The smallest absolute Gasteiger partial charge is 0.215 e. The summed E-state index contributed by atoms with van der Waals surface area (Å²) >= 11 is 0. The van der Waals surface area contributed by atoms with Crippen LogP contribution in [0.5, 0.6) is 0 Å². The lowest BCUT2D eigenvalue weighted by molar-refractivity contribution is 0.103. The van der Waals surface area contributed by atoms with Crippen molar-refractivity contribution >= 4 is 5.78 Å². The molecular formula is C14H16N4O. The molecule has 1 aromatic carbocycles. The Morgan fingerprint density at radius 2 is 2.16 bits per heavy atom. The molecule has 19 heavy (non-hydrogen) atoms. The molecular weight excluding hydrogens is 240 g/mol. The minimum absolute atomic E-state index is 0.0558. The fourth-order valence-corrected chi connectivity index (χ4v) is 2.14. The zero-order valence-electron chi connectivity index (χ0n) is 11.1. The highest BCUT2D eigenvalue weighted by Gasteiger charge is 2.22. The Morgan fingerprint density at radius 3 is 2.84 bits per heavy atom. The van der Waals surface area contributed by atoms with E-state index in [2.05, 4.69) is 15.6 Å². The van der Waals surface area contributed by atoms with Gasteiger partial charge in [0.15, 0.2) is 5.69 Å². The lowest BCUT2D eigenvalue weighted by Crippen LogP contribution is -2.43. The first kappa shape index (κ1) is 12.0. The molecule has 0 unspecified atom stereocenters. The second kappa shape index (κ2) is 4.59. The van der Waals surface area contributed by atoms with Gasteiger partial charge in [-0.05, 0) is 25.5 Å². The molecule has 0 bridgehead atoms. The van der Waals surface area contributed by atoms with Gasteiger partial charge < -0.3 is 5.32 Å². The normalized spacial score (nSPS) is 15.3. The maximum atomic E-state index is 12.4. The van der Waals surface area contributed by atoms with Crippen LogP contribution in [0.1, 0.15) is 33.2 Å². The summed E-state index contributed by atoms with van der Waals surface area (Å²) in [4.78, 5) is 12.4. The summed E-state index contributed by atoms with van der Waals surface area (Å²) in [5.41, 5.74) is 3.17. The Morgan fingerprint density at radius 1 is 1.37 bits per heavy atom. The largest absolute Gasteiger partial charge is 0.312 e. The van der Waals surface area contributed by atoms with Crippen molar-refractivity contribution in [2.75, 3.05) is 13.1 Å². The van der Waals surface area contributed by atoms with Crippen LogP contribution in [0.3, 0.4) is 0 Å². The Balaban J connectivity index is 1.90. The van der Waals surface area contributed by atoms with Gasteiger partial charge in [-0.25, -0.2) is 4.68 Å². The molecule has 0 radical (unpaired) electrons. The van der Waals surface area contributed by atoms with Crippen LogP contribution in [-0.2, 0) is 0 Å². The average molecular weight is 256 g/mol. The van der Waals surface area contributed by atoms with E-state index in [-0.39, 0.29) is 5.78 Å². The predicted octanol–water partition coefficient (Wildman–Crippen LogP) is 1.27. The topological polar surface area (TPSA) is 59.8 Å². The van der Waals surface area contributed by atoms with Gasteiger partial charge in [0.1, 0.15) is 0 Å². The third-order valence-electron chi connectivity index (χ3n) is 3.51. The molecule has 98 valence electrons. The van der Waals surface area contributed by atoms with Crippen molar-refractivity contribution in [3.8, 4) is 0 Å². The number of nitrogens with zero attached hydrogens (tertiary/aromatic N) is 3. The molecule has 1 N–H and O–H groups in total. The number of hydrogen-bond donors (Lipinski definition) is 1. The second-order valence-electron chi connectivity index (χ2n) is 5.04. The summed E-state index contributed by atoms with van der Waals surface area (Å²) in [5, 5.41) is 11.2. The third kappa shape index (κ3) is 2.17. The molecule has 2 aromatic rings. The van der Waals surface area contributed by atoms with Crippen molar-refractivity contribution < 1.29 is 4.79 Å². The number of aromatic nitrogens is 3. The average Bonchev–Trinajstić information content (AvgIpc) is 2.78. The standard InChI is InChI=1S/C14H16N4O/c1-9-3-4-10(2)12(5-9)14(19)13-8-18(17-16-13)11-6-15-7-11/h3-5,8,11,15H,6-7H2,1-2H3. The van der Waals surface area contributed by atoms with E-state index in [0.29, 0.717) is 17.3 Å². The van der Waals surface area contributed by atoms with Gasteiger partial charge in [0.2, 0.25) is 5.78 Å². The van der Waals surface area contributed by atoms with Gasteiger partial charge in [-0.3, -0.25) is 4.79 Å². The van der Waals surface area contributed by atoms with Gasteiger partial charge >= 0.3 is 0 Å². The minimum atomic E-state index is -0.0558. The molecule has 2 heterocycles. The maximum Gasteiger partial charge on any atom is 0.215 e. The summed E-state index contributed by atoms with van der Waals surface area (Å²) in [6.07, 6.45) is 1.75. The minimum Gasteiger partial charge on any atom is -0.312 e. The zero-order chi connectivity index (χ0) is 13.4. The molecule has 1 aliphatic heterocycles. The van der Waals surface area contributed by atoms with Gasteiger partial charge in [0, 0.05) is 18.7 Å². The number of nitrogens with one attached hydrogen (secondary N) is 1. The maximum absolute atomic E-state index is 12.4. The van der Waals surface area contributed by atoms with Crippen LogP contribution in [0.25, 0.3) is 0 Å². The van der Waals surface area contributed by atoms with Crippen LogP contribution in [-0.4, -0.2) is 33.9 Å². The van der Waals surface area contributed by atoms with Gasteiger partial charge in [-0.2, -0.15) is 0 Å². The first-order chi connectivity index (χ1) is 9.15. The van der Waals surface area contributed by atoms with Crippen molar-refractivity contribution in [3.05, 3.63) is 46.8 Å². The first-order valence-electron chi connectivity index (χ1n) is 6.39. The molecule has 1 fully saturated rings. The molecule has 1 aromatic heterocycles. The monoisotopic (exact) mass is 256 g/mol. The number of carbonyl (C=O) groups excluding carboxylic acids is 1. The molecule has 0 spiro atoms. The lowest BCUT2D eigenvalue weighted by Gasteiger charge is -2.26. The number of benzene rings is 1. The van der Waals surface area contributed by atoms with E-state index in [1.165, 1.54) is 0 Å². The Hall–Kier alpha value is -2.01. The molecule has 0 amide bonds. The van der Waals surface area contributed by atoms with E-state index in [1.807, 2.05) is 32.0 Å². The molecule has 0 atom stereocenters. The zero-order valence-corrected chi connectivity index (χ0v) is 11.1. The van der Waals surface area contributed by atoms with E-state index >= 15 is 0 Å². The summed E-state index contributed by atoms with van der Waals surface area (Å²) in [6.45, 7) is 5.70. The number of rotatable bonds is 3. The van der Waals surface area contributed by atoms with E-state index < -0.39 is 0 Å². The highest BCUT2D eigenvalue weighted by molar-refractivity contribution is 6.08. The molecule has 0 aliphatic carbocycles. The Bertz CT molecular complexity index is 628. The van der Waals surface area contributed by atoms with Crippen LogP contribution in [0, 0.1) is 13.8 Å². The van der Waals surface area contributed by atoms with Crippen LogP contribution >= 0.6 is 0 Å². The summed E-state index contributed by atoms with van der Waals surface area (Å²) < 4.78 is 1.77. The van der Waals surface area contributed by atoms with Gasteiger partial charge in [-0.1, -0.05) is 22.9 Å². The van der Waals surface area contributed by atoms with E-state index in [4.69, 9.17) is 0 Å². The Kier molecular flexibility index (Phi) is 2.91. The summed E-state index contributed by atoms with van der Waals surface area (Å²) in [6, 6.07) is 6.20. The molecule has 1 saturated heterocycles. The van der Waals surface area contributed by atoms with Crippen molar-refractivity contribution in [1.82, 2.24) is 20.3 Å². The molecule has 1 aliphatic rings. The van der Waals surface area contributed by atoms with Crippen molar-refractivity contribution in [1.29, 1.82) is 0 Å². The number of ketones is 1. The van der Waals surface area contributed by atoms with Gasteiger partial charge in [0.25, 0.3) is 0 Å². The molecule has 5 heteroatoms. The van der Waals surface area contributed by atoms with Crippen molar-refractivity contribution in [2.45, 2.75) is 19.9 Å². The van der Waals surface area contributed by atoms with Gasteiger partial charge in [-0.15, -0.1) is 5.10 Å². The van der Waals surface area contributed by atoms with E-state index in [0.717, 1.165) is 24.2 Å². The first-order valence-corrected chi connectivity index (χ1v) is 6.39. The molecule has 5 nitrogen and oxygen atoms in total.